The van der Waals surface area contributed by atoms with Crippen molar-refractivity contribution in [1.29, 1.82) is 0 Å². The van der Waals surface area contributed by atoms with Gasteiger partial charge in [0.1, 0.15) is 0 Å². The van der Waals surface area contributed by atoms with Gasteiger partial charge in [-0.25, -0.2) is 4.79 Å². The van der Waals surface area contributed by atoms with Gasteiger partial charge in [-0.15, -0.1) is 0 Å². The summed E-state index contributed by atoms with van der Waals surface area (Å²) in [5.74, 6) is -0.436. The smallest absolute Gasteiger partial charge is 0.341 e. The first kappa shape index (κ1) is 9.98. The molecule has 0 unspecified atom stereocenters. The lowest BCUT2D eigenvalue weighted by atomic mass is 10.2. The number of hydrogen-bond donors (Lipinski definition) is 1. The molecule has 0 saturated carbocycles. The number of pyridine rings is 1. The fraction of sp³-hybridized carbons (Fsp3) is 0.250. The van der Waals surface area contributed by atoms with Gasteiger partial charge in [0.2, 0.25) is 0 Å². The van der Waals surface area contributed by atoms with Crippen LogP contribution < -0.4 is 5.73 Å². The van der Waals surface area contributed by atoms with Crippen LogP contribution in [0.3, 0.4) is 0 Å². The van der Waals surface area contributed by atoms with E-state index < -0.39 is 5.97 Å². The number of ether oxygens (including phenoxy) is 1. The zero-order valence-electron chi connectivity index (χ0n) is 7.08. The maximum atomic E-state index is 11.3. The molecule has 70 valence electrons. The number of nitrogens with two attached hydrogens (primary N) is 1. The van der Waals surface area contributed by atoms with Crippen molar-refractivity contribution in [3.63, 3.8) is 0 Å². The Bertz CT molecular complexity index is 308. The van der Waals surface area contributed by atoms with E-state index in [1.807, 2.05) is 0 Å². The maximum Gasteiger partial charge on any atom is 0.341 e. The predicted molar refractivity (Wildman–Crippen MR) is 52.3 cm³/mol. The molecule has 0 aliphatic rings. The highest BCUT2D eigenvalue weighted by Crippen LogP contribution is 2.21. The normalized spacial score (nSPS) is 9.69. The van der Waals surface area contributed by atoms with E-state index in [0.29, 0.717) is 22.3 Å². The molecule has 1 aromatic heterocycles. The Hall–Kier alpha value is -1.10. The largest absolute Gasteiger partial charge is 0.462 e. The number of esters is 1. The summed E-state index contributed by atoms with van der Waals surface area (Å²) in [6, 6.07) is 0. The van der Waals surface area contributed by atoms with Crippen molar-refractivity contribution in [2.24, 2.45) is 0 Å². The van der Waals surface area contributed by atoms with Crippen molar-refractivity contribution >= 4 is 27.6 Å². The number of carbonyl (C=O) groups excluding carboxylic acids is 1. The van der Waals surface area contributed by atoms with Crippen molar-refractivity contribution in [3.8, 4) is 0 Å². The van der Waals surface area contributed by atoms with Crippen LogP contribution in [0.5, 0.6) is 0 Å². The SMILES string of the molecule is CCOC(=O)c1c(N)cncc1Br. The Kier molecular flexibility index (Phi) is 3.25. The van der Waals surface area contributed by atoms with Crippen molar-refractivity contribution in [2.45, 2.75) is 6.92 Å². The summed E-state index contributed by atoms with van der Waals surface area (Å²) in [5, 5.41) is 0. The quantitative estimate of drug-likeness (QED) is 0.803. The third-order valence-corrected chi connectivity index (χ3v) is 2.01. The molecule has 0 aliphatic heterocycles. The number of halogens is 1. The summed E-state index contributed by atoms with van der Waals surface area (Å²) in [4.78, 5) is 15.1. The van der Waals surface area contributed by atoms with Crippen LogP contribution in [-0.4, -0.2) is 17.6 Å². The second kappa shape index (κ2) is 4.23. The van der Waals surface area contributed by atoms with Gasteiger partial charge in [-0.2, -0.15) is 0 Å². The molecule has 0 amide bonds. The monoisotopic (exact) mass is 244 g/mol. The number of rotatable bonds is 2. The van der Waals surface area contributed by atoms with Crippen LogP contribution in [0.15, 0.2) is 16.9 Å². The highest BCUT2D eigenvalue weighted by molar-refractivity contribution is 9.10. The average molecular weight is 245 g/mol. The van der Waals surface area contributed by atoms with Crippen LogP contribution in [0.25, 0.3) is 0 Å². The van der Waals surface area contributed by atoms with Crippen LogP contribution in [0.4, 0.5) is 5.69 Å². The van der Waals surface area contributed by atoms with E-state index >= 15 is 0 Å². The third-order valence-electron chi connectivity index (χ3n) is 1.41. The minimum atomic E-state index is -0.436. The molecule has 1 heterocycles. The third kappa shape index (κ3) is 2.18. The molecule has 0 spiro atoms. The number of hydrogen-bond acceptors (Lipinski definition) is 4. The van der Waals surface area contributed by atoms with Crippen LogP contribution in [-0.2, 0) is 4.74 Å². The fourth-order valence-corrected chi connectivity index (χ4v) is 1.38. The molecule has 4 nitrogen and oxygen atoms in total. The summed E-state index contributed by atoms with van der Waals surface area (Å²) in [6.45, 7) is 2.07. The first-order valence-electron chi connectivity index (χ1n) is 3.73. The van der Waals surface area contributed by atoms with Gasteiger partial charge in [-0.1, -0.05) is 0 Å². The first-order valence-corrected chi connectivity index (χ1v) is 4.52. The molecule has 0 saturated heterocycles. The highest BCUT2D eigenvalue weighted by atomic mass is 79.9. The standard InChI is InChI=1S/C8H9BrN2O2/c1-2-13-8(12)7-5(9)3-11-4-6(7)10/h3-4H,2,10H2,1H3. The summed E-state index contributed by atoms with van der Waals surface area (Å²) in [6.07, 6.45) is 2.92. The van der Waals surface area contributed by atoms with E-state index in [0.717, 1.165) is 0 Å². The van der Waals surface area contributed by atoms with Crippen LogP contribution >= 0.6 is 15.9 Å². The van der Waals surface area contributed by atoms with Gasteiger partial charge >= 0.3 is 5.97 Å². The second-order valence-corrected chi connectivity index (χ2v) is 3.16. The second-order valence-electron chi connectivity index (χ2n) is 2.31. The zero-order valence-corrected chi connectivity index (χ0v) is 8.67. The van der Waals surface area contributed by atoms with Gasteiger partial charge in [0.05, 0.1) is 28.5 Å². The van der Waals surface area contributed by atoms with E-state index in [1.165, 1.54) is 12.4 Å². The Morgan fingerprint density at radius 3 is 2.92 bits per heavy atom. The van der Waals surface area contributed by atoms with Gasteiger partial charge in [-0.05, 0) is 22.9 Å². The van der Waals surface area contributed by atoms with E-state index in [1.54, 1.807) is 6.92 Å². The van der Waals surface area contributed by atoms with Gasteiger partial charge in [0, 0.05) is 6.20 Å². The zero-order chi connectivity index (χ0) is 9.84. The molecule has 1 aromatic rings. The highest BCUT2D eigenvalue weighted by Gasteiger charge is 2.14. The minimum Gasteiger partial charge on any atom is -0.462 e. The Balaban J connectivity index is 3.05. The Morgan fingerprint density at radius 2 is 2.38 bits per heavy atom. The van der Waals surface area contributed by atoms with Crippen molar-refractivity contribution < 1.29 is 9.53 Å². The van der Waals surface area contributed by atoms with Crippen LogP contribution in [0.1, 0.15) is 17.3 Å². The number of carbonyl (C=O) groups is 1. The number of anilines is 1. The maximum absolute atomic E-state index is 11.3. The molecule has 0 aliphatic carbocycles. The summed E-state index contributed by atoms with van der Waals surface area (Å²) < 4.78 is 5.36. The molecule has 0 fully saturated rings. The Labute approximate surface area is 84.2 Å². The van der Waals surface area contributed by atoms with E-state index in [9.17, 15) is 4.79 Å². The summed E-state index contributed by atoms with van der Waals surface area (Å²) in [7, 11) is 0. The van der Waals surface area contributed by atoms with E-state index in [-0.39, 0.29) is 0 Å². The molecule has 0 atom stereocenters. The Morgan fingerprint density at radius 1 is 1.69 bits per heavy atom. The van der Waals surface area contributed by atoms with Crippen molar-refractivity contribution in [1.82, 2.24) is 4.98 Å². The van der Waals surface area contributed by atoms with E-state index in [2.05, 4.69) is 20.9 Å². The molecule has 1 rings (SSSR count). The van der Waals surface area contributed by atoms with Crippen molar-refractivity contribution in [3.05, 3.63) is 22.4 Å². The minimum absolute atomic E-state index is 0.313. The number of nitrogens with zero attached hydrogens (tertiary/aromatic N) is 1. The van der Waals surface area contributed by atoms with Gasteiger partial charge in [-0.3, -0.25) is 4.98 Å². The molecule has 0 aromatic carbocycles. The lowest BCUT2D eigenvalue weighted by Crippen LogP contribution is -2.09. The van der Waals surface area contributed by atoms with Crippen LogP contribution in [0.2, 0.25) is 0 Å². The molecule has 0 radical (unpaired) electrons. The van der Waals surface area contributed by atoms with Crippen molar-refractivity contribution in [2.75, 3.05) is 12.3 Å². The average Bonchev–Trinajstić information content (AvgIpc) is 2.04. The molecule has 13 heavy (non-hydrogen) atoms. The van der Waals surface area contributed by atoms with E-state index in [4.69, 9.17) is 10.5 Å². The molecule has 0 bridgehead atoms. The lowest BCUT2D eigenvalue weighted by Gasteiger charge is -2.05. The molecule has 5 heteroatoms. The molecular formula is C8H9BrN2O2. The van der Waals surface area contributed by atoms with Gasteiger partial charge in [0.25, 0.3) is 0 Å². The molecular weight excluding hydrogens is 236 g/mol. The molecule has 2 N–H and O–H groups in total. The lowest BCUT2D eigenvalue weighted by molar-refractivity contribution is 0.0526. The van der Waals surface area contributed by atoms with Gasteiger partial charge < -0.3 is 10.5 Å². The summed E-state index contributed by atoms with van der Waals surface area (Å²) >= 11 is 3.17. The first-order chi connectivity index (χ1) is 6.16. The van der Waals surface area contributed by atoms with Crippen LogP contribution in [0, 0.1) is 0 Å². The predicted octanol–water partition coefficient (Wildman–Crippen LogP) is 1.60. The number of aromatic nitrogens is 1. The topological polar surface area (TPSA) is 65.2 Å². The van der Waals surface area contributed by atoms with Gasteiger partial charge in [0.15, 0.2) is 0 Å². The fourth-order valence-electron chi connectivity index (χ4n) is 0.869. The summed E-state index contributed by atoms with van der Waals surface area (Å²) in [5.41, 5.74) is 6.20. The number of nitrogen functional groups attached to an aromatic ring is 1.